The minimum Gasteiger partial charge on any atom is -0.498 e. The molecule has 0 spiro atoms. The van der Waals surface area contributed by atoms with Crippen molar-refractivity contribution >= 4 is 0 Å². The highest BCUT2D eigenvalue weighted by Gasteiger charge is 2.07. The summed E-state index contributed by atoms with van der Waals surface area (Å²) >= 11 is 0. The first-order valence-corrected chi connectivity index (χ1v) is 4.29. The molecule has 0 saturated carbocycles. The second-order valence-electron chi connectivity index (χ2n) is 2.75. The number of ether oxygens (including phenoxy) is 1. The third-order valence-electron chi connectivity index (χ3n) is 1.81. The van der Waals surface area contributed by atoms with Crippen LogP contribution in [0.15, 0.2) is 23.5 Å². The number of rotatable bonds is 2. The molecule has 0 heterocycles. The first kappa shape index (κ1) is 8.86. The molecule has 2 nitrogen and oxygen atoms in total. The zero-order valence-electron chi connectivity index (χ0n) is 7.34. The van der Waals surface area contributed by atoms with E-state index >= 15 is 0 Å². The first-order valence-electron chi connectivity index (χ1n) is 4.29. The average Bonchev–Trinajstić information content (AvgIpc) is 2.06. The van der Waals surface area contributed by atoms with Crippen LogP contribution < -0.4 is 0 Å². The Kier molecular flexibility index (Phi) is 3.40. The molecule has 1 aliphatic carbocycles. The summed E-state index contributed by atoms with van der Waals surface area (Å²) in [6.45, 7) is 2.69. The number of hydrogen-bond acceptors (Lipinski definition) is 2. The van der Waals surface area contributed by atoms with Gasteiger partial charge in [0.15, 0.2) is 0 Å². The van der Waals surface area contributed by atoms with Crippen molar-refractivity contribution in [3.8, 4) is 6.07 Å². The van der Waals surface area contributed by atoms with Crippen LogP contribution in [0.2, 0.25) is 0 Å². The van der Waals surface area contributed by atoms with Crippen LogP contribution in [0, 0.1) is 11.3 Å². The molecule has 0 saturated heterocycles. The summed E-state index contributed by atoms with van der Waals surface area (Å²) in [5, 5.41) is 8.44. The Morgan fingerprint density at radius 3 is 3.17 bits per heavy atom. The van der Waals surface area contributed by atoms with Gasteiger partial charge in [0.25, 0.3) is 0 Å². The summed E-state index contributed by atoms with van der Waals surface area (Å²) in [5.41, 5.74) is 1.09. The molecule has 0 N–H and O–H groups in total. The van der Waals surface area contributed by atoms with Gasteiger partial charge in [-0.15, -0.1) is 0 Å². The molecule has 0 aromatic heterocycles. The van der Waals surface area contributed by atoms with Gasteiger partial charge < -0.3 is 4.74 Å². The van der Waals surface area contributed by atoms with Gasteiger partial charge in [-0.2, -0.15) is 5.26 Å². The largest absolute Gasteiger partial charge is 0.498 e. The Hall–Kier alpha value is -1.23. The molecule has 0 fully saturated rings. The van der Waals surface area contributed by atoms with Crippen molar-refractivity contribution in [2.24, 2.45) is 0 Å². The minimum absolute atomic E-state index is 0.714. The maximum atomic E-state index is 8.44. The molecule has 0 radical (unpaired) electrons. The molecular weight excluding hydrogens is 150 g/mol. The Labute approximate surface area is 73.1 Å². The second kappa shape index (κ2) is 4.61. The monoisotopic (exact) mass is 163 g/mol. The summed E-state index contributed by atoms with van der Waals surface area (Å²) in [5.74, 6) is 1.02. The fourth-order valence-corrected chi connectivity index (χ4v) is 1.31. The lowest BCUT2D eigenvalue weighted by Crippen LogP contribution is -1.98. The van der Waals surface area contributed by atoms with Crippen molar-refractivity contribution in [3.05, 3.63) is 23.5 Å². The molecule has 1 rings (SSSR count). The van der Waals surface area contributed by atoms with Crippen molar-refractivity contribution in [2.75, 3.05) is 6.61 Å². The Bertz CT molecular complexity index is 245. The highest BCUT2D eigenvalue weighted by molar-refractivity contribution is 5.28. The van der Waals surface area contributed by atoms with Gasteiger partial charge in [-0.3, -0.25) is 0 Å². The smallest absolute Gasteiger partial charge is 0.0962 e. The van der Waals surface area contributed by atoms with Crippen molar-refractivity contribution in [1.29, 1.82) is 5.26 Å². The molecule has 12 heavy (non-hydrogen) atoms. The van der Waals surface area contributed by atoms with E-state index in [1.165, 1.54) is 0 Å². The average molecular weight is 163 g/mol. The third-order valence-corrected chi connectivity index (χ3v) is 1.81. The van der Waals surface area contributed by atoms with Crippen LogP contribution in [-0.4, -0.2) is 6.61 Å². The molecule has 0 aliphatic heterocycles. The first-order chi connectivity index (χ1) is 5.86. The lowest BCUT2D eigenvalue weighted by Gasteiger charge is -2.14. The molecule has 2 heteroatoms. The van der Waals surface area contributed by atoms with Gasteiger partial charge in [0.2, 0.25) is 0 Å². The Morgan fingerprint density at radius 2 is 2.50 bits per heavy atom. The Balaban J connectivity index is 2.64. The minimum atomic E-state index is 0.714. The van der Waals surface area contributed by atoms with E-state index < -0.39 is 0 Å². The maximum absolute atomic E-state index is 8.44. The normalized spacial score (nSPS) is 20.0. The summed E-state index contributed by atoms with van der Waals surface area (Å²) in [4.78, 5) is 0. The van der Waals surface area contributed by atoms with Crippen LogP contribution >= 0.6 is 0 Å². The van der Waals surface area contributed by atoms with E-state index in [0.717, 1.165) is 30.6 Å². The summed E-state index contributed by atoms with van der Waals surface area (Å²) in [6.07, 6.45) is 6.69. The number of hydrogen-bond donors (Lipinski definition) is 0. The van der Waals surface area contributed by atoms with E-state index in [4.69, 9.17) is 10.00 Å². The van der Waals surface area contributed by atoms with Gasteiger partial charge in [-0.25, -0.2) is 0 Å². The number of nitrogens with zero attached hydrogens (tertiary/aromatic N) is 1. The number of allylic oxidation sites excluding steroid dienone is 4. The van der Waals surface area contributed by atoms with Crippen LogP contribution in [0.5, 0.6) is 0 Å². The van der Waals surface area contributed by atoms with Crippen molar-refractivity contribution in [1.82, 2.24) is 0 Å². The lowest BCUT2D eigenvalue weighted by atomic mass is 10.0. The fourth-order valence-electron chi connectivity index (χ4n) is 1.31. The molecule has 0 bridgehead atoms. The SMILES string of the molecule is CCOC1=C/C(=C/C#N)CCC1. The van der Waals surface area contributed by atoms with Crippen LogP contribution in [0.3, 0.4) is 0 Å². The van der Waals surface area contributed by atoms with Crippen LogP contribution in [-0.2, 0) is 4.74 Å². The summed E-state index contributed by atoms with van der Waals surface area (Å²) in [6, 6.07) is 2.04. The van der Waals surface area contributed by atoms with Gasteiger partial charge in [0, 0.05) is 12.5 Å². The van der Waals surface area contributed by atoms with Gasteiger partial charge in [0.05, 0.1) is 18.4 Å². The van der Waals surface area contributed by atoms with Gasteiger partial charge in [-0.05, 0) is 31.4 Å². The second-order valence-corrected chi connectivity index (χ2v) is 2.75. The molecule has 0 atom stereocenters. The highest BCUT2D eigenvalue weighted by atomic mass is 16.5. The quantitative estimate of drug-likeness (QED) is 0.586. The van der Waals surface area contributed by atoms with E-state index in [1.54, 1.807) is 6.08 Å². The molecule has 0 amide bonds. The van der Waals surface area contributed by atoms with Gasteiger partial charge in [-0.1, -0.05) is 0 Å². The van der Waals surface area contributed by atoms with Crippen molar-refractivity contribution < 1.29 is 4.74 Å². The van der Waals surface area contributed by atoms with E-state index in [2.05, 4.69) is 0 Å². The van der Waals surface area contributed by atoms with Crippen molar-refractivity contribution in [3.63, 3.8) is 0 Å². The van der Waals surface area contributed by atoms with Crippen LogP contribution in [0.25, 0.3) is 0 Å². The zero-order valence-corrected chi connectivity index (χ0v) is 7.34. The van der Waals surface area contributed by atoms with Crippen LogP contribution in [0.1, 0.15) is 26.2 Å². The molecule has 0 aromatic rings. The maximum Gasteiger partial charge on any atom is 0.0962 e. The van der Waals surface area contributed by atoms with Gasteiger partial charge >= 0.3 is 0 Å². The Morgan fingerprint density at radius 1 is 1.67 bits per heavy atom. The topological polar surface area (TPSA) is 33.0 Å². The summed E-state index contributed by atoms with van der Waals surface area (Å²) < 4.78 is 5.37. The molecule has 0 unspecified atom stereocenters. The van der Waals surface area contributed by atoms with E-state index in [-0.39, 0.29) is 0 Å². The van der Waals surface area contributed by atoms with E-state index in [0.29, 0.717) is 6.61 Å². The summed E-state index contributed by atoms with van der Waals surface area (Å²) in [7, 11) is 0. The molecule has 64 valence electrons. The molecule has 0 aromatic carbocycles. The van der Waals surface area contributed by atoms with E-state index in [9.17, 15) is 0 Å². The highest BCUT2D eigenvalue weighted by Crippen LogP contribution is 2.22. The third kappa shape index (κ3) is 2.43. The fraction of sp³-hybridized carbons (Fsp3) is 0.500. The van der Waals surface area contributed by atoms with Crippen LogP contribution in [0.4, 0.5) is 0 Å². The molecule has 1 aliphatic rings. The van der Waals surface area contributed by atoms with E-state index in [1.807, 2.05) is 19.1 Å². The predicted octanol–water partition coefficient (Wildman–Crippen LogP) is 2.54. The standard InChI is InChI=1S/C10H13NO/c1-2-12-10-5-3-4-9(8-10)6-7-11/h6,8H,2-5H2,1H3/b9-6+. The lowest BCUT2D eigenvalue weighted by molar-refractivity contribution is 0.214. The van der Waals surface area contributed by atoms with Gasteiger partial charge in [0.1, 0.15) is 0 Å². The predicted molar refractivity (Wildman–Crippen MR) is 47.3 cm³/mol. The van der Waals surface area contributed by atoms with Crippen molar-refractivity contribution in [2.45, 2.75) is 26.2 Å². The number of nitriles is 1. The molecular formula is C10H13NO. The zero-order chi connectivity index (χ0) is 8.81.